The summed E-state index contributed by atoms with van der Waals surface area (Å²) in [6.45, 7) is 0. The second-order valence-electron chi connectivity index (χ2n) is 10.3. The molecule has 0 fully saturated rings. The van der Waals surface area contributed by atoms with Gasteiger partial charge in [-0.3, -0.25) is 9.59 Å². The van der Waals surface area contributed by atoms with Crippen LogP contribution in [0.25, 0.3) is 11.1 Å². The van der Waals surface area contributed by atoms with Gasteiger partial charge in [-0.25, -0.2) is 8.78 Å². The van der Waals surface area contributed by atoms with Crippen LogP contribution in [0.2, 0.25) is 0 Å². The van der Waals surface area contributed by atoms with Crippen molar-refractivity contribution in [1.29, 1.82) is 0 Å². The van der Waals surface area contributed by atoms with Gasteiger partial charge in [0.1, 0.15) is 0 Å². The molecule has 2 nitrogen and oxygen atoms in total. The number of hydrogen-bond acceptors (Lipinski definition) is 2. The lowest BCUT2D eigenvalue weighted by Gasteiger charge is -2.36. The Labute approximate surface area is 272 Å². The molecule has 0 aromatic heterocycles. The van der Waals surface area contributed by atoms with Crippen molar-refractivity contribution in [2.24, 2.45) is 0 Å². The first kappa shape index (κ1) is 36.8. The van der Waals surface area contributed by atoms with Crippen molar-refractivity contribution in [3.8, 4) is 11.1 Å². The third-order valence-electron chi connectivity index (χ3n) is 7.49. The molecule has 0 spiro atoms. The van der Waals surface area contributed by atoms with Crippen LogP contribution in [0.3, 0.4) is 0 Å². The summed E-state index contributed by atoms with van der Waals surface area (Å²) in [5.41, 5.74) is -17.9. The molecule has 16 heteroatoms. The molecular formula is C32H16Cl2F12O2. The second-order valence-corrected chi connectivity index (χ2v) is 11.0. The largest absolute Gasteiger partial charge is 0.433 e. The summed E-state index contributed by atoms with van der Waals surface area (Å²) in [4.78, 5) is 22.4. The predicted molar refractivity (Wildman–Crippen MR) is 151 cm³/mol. The normalized spacial score (nSPS) is 15.4. The summed E-state index contributed by atoms with van der Waals surface area (Å²) in [5, 5.41) is -2.23. The molecule has 254 valence electrons. The zero-order valence-electron chi connectivity index (χ0n) is 23.3. The van der Waals surface area contributed by atoms with Gasteiger partial charge in [0.2, 0.25) is 0 Å². The third-order valence-corrected chi connectivity index (χ3v) is 7.93. The topological polar surface area (TPSA) is 34.1 Å². The zero-order valence-corrected chi connectivity index (χ0v) is 24.9. The van der Waals surface area contributed by atoms with Crippen molar-refractivity contribution in [3.05, 3.63) is 130 Å². The molecule has 0 amide bonds. The third kappa shape index (κ3) is 6.04. The van der Waals surface area contributed by atoms with E-state index < -0.39 is 68.3 Å². The van der Waals surface area contributed by atoms with Gasteiger partial charge in [0, 0.05) is 33.4 Å². The number of alkyl halides is 12. The van der Waals surface area contributed by atoms with Gasteiger partial charge in [-0.05, 0) is 58.6 Å². The second kappa shape index (κ2) is 12.4. The number of halogens is 14. The molecular weight excluding hydrogens is 715 g/mol. The monoisotopic (exact) mass is 730 g/mol. The molecule has 0 bridgehead atoms. The van der Waals surface area contributed by atoms with Crippen molar-refractivity contribution in [1.82, 2.24) is 0 Å². The Morgan fingerprint density at radius 1 is 0.375 bits per heavy atom. The van der Waals surface area contributed by atoms with Gasteiger partial charge in [-0.15, -0.1) is 0 Å². The van der Waals surface area contributed by atoms with Crippen molar-refractivity contribution in [3.63, 3.8) is 0 Å². The molecule has 4 aromatic carbocycles. The quantitative estimate of drug-likeness (QED) is 0.127. The highest BCUT2D eigenvalue weighted by molar-refractivity contribution is 6.68. The summed E-state index contributed by atoms with van der Waals surface area (Å²) in [6.07, 6.45) is -12.4. The molecule has 0 heterocycles. The first-order chi connectivity index (χ1) is 22.0. The Bertz CT molecular complexity index is 1670. The van der Waals surface area contributed by atoms with E-state index in [9.17, 15) is 35.9 Å². The van der Waals surface area contributed by atoms with Crippen LogP contribution in [0.5, 0.6) is 0 Å². The lowest BCUT2D eigenvalue weighted by atomic mass is 9.82. The number of rotatable bonds is 9. The highest BCUT2D eigenvalue weighted by Crippen LogP contribution is 2.58. The minimum atomic E-state index is -6.21. The van der Waals surface area contributed by atoms with Crippen LogP contribution in [-0.2, 0) is 23.2 Å². The Hall–Kier alpha value is -4.04. The van der Waals surface area contributed by atoms with E-state index in [0.717, 1.165) is 0 Å². The van der Waals surface area contributed by atoms with Crippen LogP contribution in [0.1, 0.15) is 43.0 Å². The van der Waals surface area contributed by atoms with Crippen LogP contribution >= 0.6 is 23.2 Å². The number of carbonyl (C=O) groups excluding carboxylic acids is 2. The standard InChI is InChI=1S/C32H16Cl2F12O2/c33-25(47)19-5-13-23(14-6-19)29(37,38)27(35,31(41,42)43)21-9-1-17(2-10-21)18-3-11-22(12-4-18)28(36,32(44,45)46)30(39,40)24-15-7-20(8-16-24)26(34)48/h1-16H. The fourth-order valence-electron chi connectivity index (χ4n) is 4.85. The van der Waals surface area contributed by atoms with E-state index >= 15 is 26.3 Å². The molecule has 48 heavy (non-hydrogen) atoms. The van der Waals surface area contributed by atoms with E-state index in [-0.39, 0.29) is 22.3 Å². The van der Waals surface area contributed by atoms with Gasteiger partial charge in [0.25, 0.3) is 21.8 Å². The molecule has 0 aliphatic rings. The lowest BCUT2D eigenvalue weighted by Crippen LogP contribution is -2.51. The van der Waals surface area contributed by atoms with Crippen LogP contribution in [-0.4, -0.2) is 22.8 Å². The maximum absolute atomic E-state index is 15.7. The van der Waals surface area contributed by atoms with Gasteiger partial charge in [-0.1, -0.05) is 72.8 Å². The van der Waals surface area contributed by atoms with E-state index in [1.165, 1.54) is 0 Å². The highest BCUT2D eigenvalue weighted by Gasteiger charge is 2.73. The molecule has 4 aromatic rings. The maximum Gasteiger partial charge on any atom is 0.433 e. The summed E-state index contributed by atoms with van der Waals surface area (Å²) in [7, 11) is 0. The predicted octanol–water partition coefficient (Wildman–Crippen LogP) is 11.1. The maximum atomic E-state index is 15.7. The lowest BCUT2D eigenvalue weighted by molar-refractivity contribution is -0.315. The molecule has 0 saturated carbocycles. The number of carbonyl (C=O) groups is 2. The van der Waals surface area contributed by atoms with Crippen molar-refractivity contribution in [2.75, 3.05) is 0 Å². The van der Waals surface area contributed by atoms with E-state index in [2.05, 4.69) is 0 Å². The summed E-state index contributed by atoms with van der Waals surface area (Å²) >= 11 is 10.4. The highest BCUT2D eigenvalue weighted by atomic mass is 35.5. The molecule has 4 rings (SSSR count). The fourth-order valence-corrected chi connectivity index (χ4v) is 5.10. The van der Waals surface area contributed by atoms with Gasteiger partial charge < -0.3 is 0 Å². The Morgan fingerprint density at radius 2 is 0.604 bits per heavy atom. The smallest absolute Gasteiger partial charge is 0.276 e. The van der Waals surface area contributed by atoms with Crippen LogP contribution < -0.4 is 0 Å². The van der Waals surface area contributed by atoms with Gasteiger partial charge in [0.15, 0.2) is 0 Å². The van der Waals surface area contributed by atoms with Gasteiger partial charge in [0.05, 0.1) is 0 Å². The minimum Gasteiger partial charge on any atom is -0.276 e. The number of hydrogen-bond donors (Lipinski definition) is 0. The minimum absolute atomic E-state index is 0.201. The molecule has 0 aliphatic carbocycles. The van der Waals surface area contributed by atoms with E-state index in [1.807, 2.05) is 0 Å². The van der Waals surface area contributed by atoms with Crippen LogP contribution in [0.15, 0.2) is 97.1 Å². The van der Waals surface area contributed by atoms with Gasteiger partial charge >= 0.3 is 24.2 Å². The number of benzene rings is 4. The van der Waals surface area contributed by atoms with E-state index in [4.69, 9.17) is 23.2 Å². The first-order valence-corrected chi connectivity index (χ1v) is 13.8. The van der Waals surface area contributed by atoms with Crippen molar-refractivity contribution >= 4 is 33.7 Å². The van der Waals surface area contributed by atoms with E-state index in [1.54, 1.807) is 0 Å². The molecule has 0 N–H and O–H groups in total. The molecule has 2 unspecified atom stereocenters. The van der Waals surface area contributed by atoms with Crippen molar-refractivity contribution in [2.45, 2.75) is 35.5 Å². The van der Waals surface area contributed by atoms with Gasteiger partial charge in [-0.2, -0.15) is 43.9 Å². The zero-order chi connectivity index (χ0) is 36.1. The summed E-state index contributed by atoms with van der Waals surface area (Å²) < 4.78 is 176. The van der Waals surface area contributed by atoms with Crippen LogP contribution in [0, 0.1) is 0 Å². The summed E-state index contributed by atoms with van der Waals surface area (Å²) in [5.74, 6) is -10.5. The van der Waals surface area contributed by atoms with Crippen molar-refractivity contribution < 1.29 is 62.3 Å². The first-order valence-electron chi connectivity index (χ1n) is 13.1. The molecule has 0 saturated heterocycles. The molecule has 2 atom stereocenters. The van der Waals surface area contributed by atoms with E-state index in [0.29, 0.717) is 97.1 Å². The van der Waals surface area contributed by atoms with Crippen LogP contribution in [0.4, 0.5) is 52.7 Å². The Kier molecular flexibility index (Phi) is 9.54. The fraction of sp³-hybridized carbons (Fsp3) is 0.188. The average Bonchev–Trinajstić information content (AvgIpc) is 3.03. The summed E-state index contributed by atoms with van der Waals surface area (Å²) in [6, 6.07) is 8.37. The molecule has 0 radical (unpaired) electrons. The Morgan fingerprint density at radius 3 is 0.812 bits per heavy atom. The Balaban J connectivity index is 1.72. The average molecular weight is 731 g/mol. The SMILES string of the molecule is O=C(Cl)c1ccc(C(F)(F)C(F)(c2ccc(-c3ccc(C(F)(C(F)(F)F)C(F)(F)c4ccc(C(=O)Cl)cc4)cc3)cc2)C(F)(F)F)cc1. The molecule has 0 aliphatic heterocycles.